The zero-order valence-corrected chi connectivity index (χ0v) is 11.1. The van der Waals surface area contributed by atoms with Gasteiger partial charge in [-0.25, -0.2) is 13.0 Å². The number of rotatable bonds is 5. The Morgan fingerprint density at radius 2 is 2.00 bits per heavy atom. The van der Waals surface area contributed by atoms with Crippen molar-refractivity contribution < 1.29 is 22.0 Å². The van der Waals surface area contributed by atoms with Crippen molar-refractivity contribution in [3.05, 3.63) is 30.4 Å². The van der Waals surface area contributed by atoms with Crippen LogP contribution in [0.5, 0.6) is 0 Å². The molecule has 0 aromatic carbocycles. The van der Waals surface area contributed by atoms with Gasteiger partial charge < -0.3 is 8.97 Å². The maximum absolute atomic E-state index is 10.5. The summed E-state index contributed by atoms with van der Waals surface area (Å²) in [6, 6.07) is 3.58. The maximum Gasteiger partial charge on any atom is 0.248 e. The Kier molecular flexibility index (Phi) is 3.91. The van der Waals surface area contributed by atoms with Gasteiger partial charge >= 0.3 is 0 Å². The third-order valence-electron chi connectivity index (χ3n) is 2.47. The van der Waals surface area contributed by atoms with Crippen LogP contribution in [0.25, 0.3) is 11.5 Å². The monoisotopic (exact) mass is 283 g/mol. The van der Waals surface area contributed by atoms with Crippen LogP contribution < -0.4 is 4.57 Å². The average Bonchev–Trinajstić information content (AvgIpc) is 2.75. The minimum absolute atomic E-state index is 0.287. The molecule has 0 unspecified atom stereocenters. The minimum atomic E-state index is -4.14. The first-order chi connectivity index (χ1) is 8.94. The van der Waals surface area contributed by atoms with Crippen LogP contribution in [-0.2, 0) is 16.7 Å². The van der Waals surface area contributed by atoms with Gasteiger partial charge in [0.2, 0.25) is 11.8 Å². The van der Waals surface area contributed by atoms with Crippen LogP contribution in [-0.4, -0.2) is 28.9 Å². The highest BCUT2D eigenvalue weighted by molar-refractivity contribution is 7.85. The normalized spacial score (nSPS) is 11.7. The van der Waals surface area contributed by atoms with Gasteiger partial charge in [-0.1, -0.05) is 0 Å². The fourth-order valence-electron chi connectivity index (χ4n) is 1.59. The highest BCUT2D eigenvalue weighted by atomic mass is 32.2. The fraction of sp³-hybridized carbons (Fsp3) is 0.364. The van der Waals surface area contributed by atoms with Crippen LogP contribution in [0.2, 0.25) is 0 Å². The van der Waals surface area contributed by atoms with E-state index in [9.17, 15) is 13.0 Å². The zero-order chi connectivity index (χ0) is 13.9. The van der Waals surface area contributed by atoms with E-state index in [1.807, 2.05) is 0 Å². The molecular formula is C11H13N3O4S. The molecule has 2 rings (SSSR count). The van der Waals surface area contributed by atoms with Gasteiger partial charge in [-0.05, 0) is 0 Å². The van der Waals surface area contributed by atoms with Crippen molar-refractivity contribution in [1.82, 2.24) is 10.2 Å². The Morgan fingerprint density at radius 1 is 1.32 bits per heavy atom. The van der Waals surface area contributed by atoms with Crippen molar-refractivity contribution in [3.63, 3.8) is 0 Å². The highest BCUT2D eigenvalue weighted by Crippen LogP contribution is 2.15. The number of nitrogens with zero attached hydrogens (tertiary/aromatic N) is 3. The van der Waals surface area contributed by atoms with Crippen LogP contribution in [0.3, 0.4) is 0 Å². The van der Waals surface area contributed by atoms with Gasteiger partial charge in [0.15, 0.2) is 12.4 Å². The van der Waals surface area contributed by atoms with E-state index in [1.165, 1.54) is 0 Å². The summed E-state index contributed by atoms with van der Waals surface area (Å²) in [5.74, 6) is 0.573. The van der Waals surface area contributed by atoms with Crippen LogP contribution in [0.15, 0.2) is 28.9 Å². The third kappa shape index (κ3) is 4.11. The summed E-state index contributed by atoms with van der Waals surface area (Å²) in [6.07, 6.45) is 3.83. The second-order valence-electron chi connectivity index (χ2n) is 4.07. The molecular weight excluding hydrogens is 270 g/mol. The van der Waals surface area contributed by atoms with Gasteiger partial charge in [-0.15, -0.1) is 10.2 Å². The quantitative estimate of drug-likeness (QED) is 0.576. The molecule has 2 aromatic rings. The first-order valence-electron chi connectivity index (χ1n) is 5.67. The molecule has 102 valence electrons. The molecule has 0 amide bonds. The number of hydrogen-bond acceptors (Lipinski definition) is 6. The predicted molar refractivity (Wildman–Crippen MR) is 63.8 cm³/mol. The Bertz CT molecular complexity index is 649. The lowest BCUT2D eigenvalue weighted by molar-refractivity contribution is -0.696. The first kappa shape index (κ1) is 13.6. The maximum atomic E-state index is 10.5. The number of pyridine rings is 1. The van der Waals surface area contributed by atoms with Crippen LogP contribution in [0.4, 0.5) is 0 Å². The first-order valence-corrected chi connectivity index (χ1v) is 7.25. The van der Waals surface area contributed by atoms with Gasteiger partial charge in [0.1, 0.15) is 6.54 Å². The van der Waals surface area contributed by atoms with Crippen molar-refractivity contribution in [2.24, 2.45) is 0 Å². The smallest absolute Gasteiger partial charge is 0.248 e. The van der Waals surface area contributed by atoms with E-state index >= 15 is 0 Å². The molecule has 0 bridgehead atoms. The molecule has 0 radical (unpaired) electrons. The van der Waals surface area contributed by atoms with Gasteiger partial charge in [-0.2, -0.15) is 0 Å². The summed E-state index contributed by atoms with van der Waals surface area (Å²) in [6.45, 7) is 2.17. The summed E-state index contributed by atoms with van der Waals surface area (Å²) < 4.78 is 38.5. The van der Waals surface area contributed by atoms with Crippen LogP contribution in [0, 0.1) is 6.92 Å². The topological polar surface area (TPSA) is 100 Å². The molecule has 0 saturated heterocycles. The van der Waals surface area contributed by atoms with Gasteiger partial charge in [0.25, 0.3) is 0 Å². The molecule has 0 fully saturated rings. The Morgan fingerprint density at radius 3 is 2.53 bits per heavy atom. The van der Waals surface area contributed by atoms with Gasteiger partial charge in [0, 0.05) is 31.2 Å². The largest absolute Gasteiger partial charge is 0.748 e. The molecule has 0 N–H and O–H groups in total. The summed E-state index contributed by atoms with van der Waals surface area (Å²) in [5.41, 5.74) is 0.785. The third-order valence-corrected chi connectivity index (χ3v) is 3.26. The molecule has 8 heteroatoms. The number of hydrogen-bond donors (Lipinski definition) is 0. The second kappa shape index (κ2) is 5.45. The summed E-state index contributed by atoms with van der Waals surface area (Å²) in [7, 11) is -4.14. The summed E-state index contributed by atoms with van der Waals surface area (Å²) >= 11 is 0. The molecule has 2 aromatic heterocycles. The zero-order valence-electron chi connectivity index (χ0n) is 10.3. The standard InChI is InChI=1S/C11H13N3O4S/c1-9-12-13-11(18-9)10-3-6-14(7-4-10)5-2-8-19(15,16)17/h3-4,6-7H,2,5,8H2,1H3. The lowest BCUT2D eigenvalue weighted by Gasteiger charge is -2.04. The SMILES string of the molecule is Cc1nnc(-c2cc[n+](CCCS(=O)(=O)[O-])cc2)o1. The lowest BCUT2D eigenvalue weighted by atomic mass is 10.2. The molecule has 7 nitrogen and oxygen atoms in total. The molecule has 0 aliphatic carbocycles. The Labute approximate surface area is 110 Å². The van der Waals surface area contributed by atoms with Crippen molar-refractivity contribution in [2.45, 2.75) is 19.9 Å². The van der Waals surface area contributed by atoms with E-state index in [1.54, 1.807) is 36.0 Å². The molecule has 0 aliphatic rings. The highest BCUT2D eigenvalue weighted by Gasteiger charge is 2.08. The molecule has 0 saturated carbocycles. The Balaban J connectivity index is 1.99. The van der Waals surface area contributed by atoms with Gasteiger partial charge in [-0.3, -0.25) is 0 Å². The van der Waals surface area contributed by atoms with E-state index in [0.29, 0.717) is 18.3 Å². The molecule has 19 heavy (non-hydrogen) atoms. The lowest BCUT2D eigenvalue weighted by Crippen LogP contribution is -2.33. The summed E-state index contributed by atoms with van der Waals surface area (Å²) in [5, 5.41) is 7.63. The van der Waals surface area contributed by atoms with Crippen molar-refractivity contribution in [3.8, 4) is 11.5 Å². The molecule has 0 atom stereocenters. The average molecular weight is 283 g/mol. The number of aromatic nitrogens is 3. The van der Waals surface area contributed by atoms with Crippen molar-refractivity contribution >= 4 is 10.1 Å². The van der Waals surface area contributed by atoms with E-state index in [-0.39, 0.29) is 12.2 Å². The van der Waals surface area contributed by atoms with Gasteiger partial charge in [0.05, 0.1) is 15.7 Å². The predicted octanol–water partition coefficient (Wildman–Crippen LogP) is 0.268. The van der Waals surface area contributed by atoms with E-state index < -0.39 is 10.1 Å². The molecule has 0 aliphatic heterocycles. The number of aryl methyl sites for hydroxylation is 2. The van der Waals surface area contributed by atoms with E-state index in [2.05, 4.69) is 10.2 Å². The molecule has 0 spiro atoms. The Hall–Kier alpha value is -1.80. The second-order valence-corrected chi connectivity index (χ2v) is 5.59. The van der Waals surface area contributed by atoms with Crippen molar-refractivity contribution in [1.29, 1.82) is 0 Å². The van der Waals surface area contributed by atoms with E-state index in [4.69, 9.17) is 4.42 Å². The summed E-state index contributed by atoms with van der Waals surface area (Å²) in [4.78, 5) is 0. The van der Waals surface area contributed by atoms with E-state index in [0.717, 1.165) is 5.56 Å². The van der Waals surface area contributed by atoms with Crippen LogP contribution >= 0.6 is 0 Å². The molecule has 2 heterocycles. The van der Waals surface area contributed by atoms with Crippen LogP contribution in [0.1, 0.15) is 12.3 Å². The fourth-order valence-corrected chi connectivity index (χ4v) is 2.07. The van der Waals surface area contributed by atoms with Crippen molar-refractivity contribution in [2.75, 3.05) is 5.75 Å². The minimum Gasteiger partial charge on any atom is -0.748 e.